The molecule has 2 amide bonds. The van der Waals surface area contributed by atoms with Crippen LogP contribution in [0.1, 0.15) is 26.3 Å². The highest BCUT2D eigenvalue weighted by atomic mass is 35.5. The lowest BCUT2D eigenvalue weighted by Gasteiger charge is -2.15. The molecule has 0 atom stereocenters. The number of carbonyl (C=O) groups is 2. The fourth-order valence-electron chi connectivity index (χ4n) is 2.23. The molecule has 0 aliphatic carbocycles. The average Bonchev–Trinajstić information content (AvgIpc) is 2.60. The molecule has 0 unspecified atom stereocenters. The molecule has 0 bridgehead atoms. The highest BCUT2D eigenvalue weighted by Crippen LogP contribution is 2.43. The summed E-state index contributed by atoms with van der Waals surface area (Å²) in [5, 5.41) is 3.36. The number of nitrogens with two attached hydrogens (primary N) is 1. The smallest absolute Gasteiger partial charge is 0.259 e. The monoisotopic (exact) mass is 336 g/mol. The van der Waals surface area contributed by atoms with Gasteiger partial charge in [0.1, 0.15) is 5.75 Å². The van der Waals surface area contributed by atoms with Gasteiger partial charge < -0.3 is 15.8 Å². The maximum absolute atomic E-state index is 12.4. The zero-order valence-electron chi connectivity index (χ0n) is 11.4. The van der Waals surface area contributed by atoms with Gasteiger partial charge in [0.15, 0.2) is 5.75 Å². The Morgan fingerprint density at radius 3 is 2.68 bits per heavy atom. The summed E-state index contributed by atoms with van der Waals surface area (Å²) in [5.74, 6) is -0.552. The van der Waals surface area contributed by atoms with Gasteiger partial charge in [0, 0.05) is 15.6 Å². The Morgan fingerprint density at radius 1 is 1.27 bits per heavy atom. The second kappa shape index (κ2) is 5.19. The quantitative estimate of drug-likeness (QED) is 0.831. The molecule has 0 fully saturated rings. The van der Waals surface area contributed by atoms with Crippen LogP contribution in [-0.2, 0) is 0 Å². The first-order valence-electron chi connectivity index (χ1n) is 6.30. The minimum atomic E-state index is -0.717. The van der Waals surface area contributed by atoms with Crippen LogP contribution in [0.4, 0.5) is 5.69 Å². The van der Waals surface area contributed by atoms with Crippen LogP contribution in [0.3, 0.4) is 0 Å². The SMILES string of the molecule is Cc1c(Cl)cc(C(N)=O)c2c1Oc1ccc(Cl)cc1C(=O)N2. The first kappa shape index (κ1) is 14.7. The number of fused-ring (bicyclic) bond motifs is 2. The van der Waals surface area contributed by atoms with Crippen LogP contribution in [-0.4, -0.2) is 11.8 Å². The number of ether oxygens (including phenoxy) is 1. The van der Waals surface area contributed by atoms with Crippen molar-refractivity contribution < 1.29 is 14.3 Å². The maximum atomic E-state index is 12.4. The van der Waals surface area contributed by atoms with E-state index in [0.29, 0.717) is 21.4 Å². The lowest BCUT2D eigenvalue weighted by molar-refractivity contribution is 0.100. The van der Waals surface area contributed by atoms with Crippen molar-refractivity contribution >= 4 is 40.7 Å². The van der Waals surface area contributed by atoms with E-state index in [1.54, 1.807) is 19.1 Å². The van der Waals surface area contributed by atoms with E-state index in [0.717, 1.165) is 0 Å². The molecule has 0 saturated carbocycles. The first-order chi connectivity index (χ1) is 10.4. The summed E-state index contributed by atoms with van der Waals surface area (Å²) in [7, 11) is 0. The molecule has 0 spiro atoms. The van der Waals surface area contributed by atoms with Crippen molar-refractivity contribution in [1.82, 2.24) is 0 Å². The molecule has 3 N–H and O–H groups in total. The molecule has 5 nitrogen and oxygen atoms in total. The third kappa shape index (κ3) is 2.28. The maximum Gasteiger partial charge on any atom is 0.259 e. The van der Waals surface area contributed by atoms with Gasteiger partial charge in [-0.25, -0.2) is 0 Å². The summed E-state index contributed by atoms with van der Waals surface area (Å²) < 4.78 is 5.80. The van der Waals surface area contributed by atoms with Crippen LogP contribution in [0.15, 0.2) is 24.3 Å². The van der Waals surface area contributed by atoms with Crippen LogP contribution < -0.4 is 15.8 Å². The number of nitrogens with one attached hydrogen (secondary N) is 1. The van der Waals surface area contributed by atoms with Crippen LogP contribution in [0.25, 0.3) is 0 Å². The van der Waals surface area contributed by atoms with E-state index in [9.17, 15) is 9.59 Å². The van der Waals surface area contributed by atoms with Gasteiger partial charge in [0.05, 0.1) is 16.8 Å². The Bertz CT molecular complexity index is 834. The Balaban J connectivity index is 2.29. The summed E-state index contributed by atoms with van der Waals surface area (Å²) >= 11 is 12.0. The van der Waals surface area contributed by atoms with Crippen molar-refractivity contribution in [3.63, 3.8) is 0 Å². The van der Waals surface area contributed by atoms with E-state index in [4.69, 9.17) is 33.7 Å². The molecule has 0 aromatic heterocycles. The average molecular weight is 337 g/mol. The van der Waals surface area contributed by atoms with Crippen molar-refractivity contribution in [2.75, 3.05) is 5.32 Å². The van der Waals surface area contributed by atoms with Crippen molar-refractivity contribution in [3.8, 4) is 11.5 Å². The van der Waals surface area contributed by atoms with Gasteiger partial charge in [-0.2, -0.15) is 0 Å². The van der Waals surface area contributed by atoms with Crippen LogP contribution in [0.2, 0.25) is 10.0 Å². The molecule has 0 radical (unpaired) electrons. The molecule has 3 rings (SSSR count). The normalized spacial score (nSPS) is 12.6. The van der Waals surface area contributed by atoms with E-state index >= 15 is 0 Å². The third-order valence-electron chi connectivity index (χ3n) is 3.37. The summed E-state index contributed by atoms with van der Waals surface area (Å²) in [5.41, 5.74) is 6.49. The fraction of sp³-hybridized carbons (Fsp3) is 0.0667. The number of hydrogen-bond donors (Lipinski definition) is 2. The first-order valence-corrected chi connectivity index (χ1v) is 7.05. The van der Waals surface area contributed by atoms with Crippen molar-refractivity contribution in [1.29, 1.82) is 0 Å². The molecule has 22 heavy (non-hydrogen) atoms. The number of hydrogen-bond acceptors (Lipinski definition) is 3. The Hall–Kier alpha value is -2.24. The molecular formula is C15H10Cl2N2O3. The van der Waals surface area contributed by atoms with E-state index in [1.165, 1.54) is 12.1 Å². The topological polar surface area (TPSA) is 81.4 Å². The summed E-state index contributed by atoms with van der Waals surface area (Å²) in [6.07, 6.45) is 0. The van der Waals surface area contributed by atoms with E-state index in [-0.39, 0.29) is 22.6 Å². The highest BCUT2D eigenvalue weighted by molar-refractivity contribution is 6.33. The predicted molar refractivity (Wildman–Crippen MR) is 84.2 cm³/mol. The van der Waals surface area contributed by atoms with Crippen LogP contribution >= 0.6 is 23.2 Å². The lowest BCUT2D eigenvalue weighted by Crippen LogP contribution is -2.17. The zero-order valence-corrected chi connectivity index (χ0v) is 12.9. The summed E-state index contributed by atoms with van der Waals surface area (Å²) in [6, 6.07) is 6.08. The molecule has 1 heterocycles. The van der Waals surface area contributed by atoms with Gasteiger partial charge >= 0.3 is 0 Å². The molecule has 0 saturated heterocycles. The van der Waals surface area contributed by atoms with Gasteiger partial charge in [-0.15, -0.1) is 0 Å². The highest BCUT2D eigenvalue weighted by Gasteiger charge is 2.27. The third-order valence-corrected chi connectivity index (χ3v) is 4.00. The van der Waals surface area contributed by atoms with Crippen molar-refractivity contribution in [3.05, 3.63) is 51.0 Å². The number of rotatable bonds is 1. The van der Waals surface area contributed by atoms with Gasteiger partial charge in [0.25, 0.3) is 11.8 Å². The standard InChI is InChI=1S/C15H10Cl2N2O3/c1-6-10(17)5-9(14(18)20)12-13(6)22-11-3-2-7(16)4-8(11)15(21)19-12/h2-5H,1H3,(H2,18,20)(H,19,21). The molecule has 2 aromatic rings. The molecule has 2 aromatic carbocycles. The van der Waals surface area contributed by atoms with E-state index in [2.05, 4.69) is 5.32 Å². The summed E-state index contributed by atoms with van der Waals surface area (Å²) in [6.45, 7) is 1.72. The zero-order chi connectivity index (χ0) is 16.0. The van der Waals surface area contributed by atoms with Crippen molar-refractivity contribution in [2.24, 2.45) is 5.73 Å². The minimum Gasteiger partial charge on any atom is -0.454 e. The Kier molecular flexibility index (Phi) is 3.47. The number of halogens is 2. The Labute approximate surface area is 136 Å². The minimum absolute atomic E-state index is 0.0813. The molecule has 7 heteroatoms. The molecule has 1 aliphatic heterocycles. The molecular weight excluding hydrogens is 327 g/mol. The number of carbonyl (C=O) groups excluding carboxylic acids is 2. The van der Waals surface area contributed by atoms with Gasteiger partial charge in [-0.1, -0.05) is 23.2 Å². The summed E-state index contributed by atoms with van der Waals surface area (Å²) in [4.78, 5) is 24.0. The van der Waals surface area contributed by atoms with Gasteiger partial charge in [-0.3, -0.25) is 9.59 Å². The number of anilines is 1. The van der Waals surface area contributed by atoms with Crippen molar-refractivity contribution in [2.45, 2.75) is 6.92 Å². The van der Waals surface area contributed by atoms with Gasteiger partial charge in [0.2, 0.25) is 0 Å². The Morgan fingerprint density at radius 2 is 2.00 bits per heavy atom. The molecule has 112 valence electrons. The number of benzene rings is 2. The van der Waals surface area contributed by atoms with Gasteiger partial charge in [-0.05, 0) is 31.2 Å². The fourth-order valence-corrected chi connectivity index (χ4v) is 2.60. The van der Waals surface area contributed by atoms with Crippen LogP contribution in [0, 0.1) is 6.92 Å². The second-order valence-electron chi connectivity index (χ2n) is 4.80. The number of amides is 2. The van der Waals surface area contributed by atoms with E-state index < -0.39 is 11.8 Å². The lowest BCUT2D eigenvalue weighted by atomic mass is 10.1. The van der Waals surface area contributed by atoms with Crippen LogP contribution in [0.5, 0.6) is 11.5 Å². The predicted octanol–water partition coefficient (Wildman–Crippen LogP) is 3.76. The number of primary amides is 1. The molecule has 1 aliphatic rings. The largest absolute Gasteiger partial charge is 0.454 e. The van der Waals surface area contributed by atoms with E-state index in [1.807, 2.05) is 0 Å². The second-order valence-corrected chi connectivity index (χ2v) is 5.64.